The zero-order valence-corrected chi connectivity index (χ0v) is 72.7. The van der Waals surface area contributed by atoms with Gasteiger partial charge in [-0.05, 0) is 52.5 Å². The van der Waals surface area contributed by atoms with Crippen molar-refractivity contribution in [2.45, 2.75) is 189 Å². The zero-order valence-electron chi connectivity index (χ0n) is 68.6. The lowest BCUT2D eigenvalue weighted by atomic mass is 9.97. The second kappa shape index (κ2) is 68.5. The molecule has 124 heavy (non-hydrogen) atoms. The number of Topliss-reactive ketones (excluding diaryl/α,β-unsaturated/α-hetero) is 5. The van der Waals surface area contributed by atoms with Crippen LogP contribution in [0.1, 0.15) is 122 Å². The maximum atomic E-state index is 12.3. The molecule has 13 atom stereocenters. The lowest BCUT2D eigenvalue weighted by Crippen LogP contribution is -2.52. The van der Waals surface area contributed by atoms with Gasteiger partial charge in [-0.1, -0.05) is 0 Å². The Bertz CT molecular complexity index is 3290. The average Bonchev–Trinajstić information content (AvgIpc) is 1.81. The van der Waals surface area contributed by atoms with Crippen LogP contribution in [0.4, 0.5) is 0 Å². The molecule has 2 aliphatic heterocycles. The number of carboxylic acid groups (broad SMARTS) is 4. The Labute approximate surface area is 732 Å². The Hall–Kier alpha value is -7.72. The number of carboxylic acids is 4. The van der Waals surface area contributed by atoms with Crippen LogP contribution in [0.5, 0.6) is 0 Å². The molecule has 2 aliphatic rings. The number of aliphatic hydroxyl groups excluding tert-OH is 8. The molecular weight excluding hydrogens is 1760 g/mol. The van der Waals surface area contributed by atoms with Crippen LogP contribution in [-0.2, 0) is 131 Å². The minimum absolute atomic E-state index is 0.0155. The molecule has 8 amide bonds. The van der Waals surface area contributed by atoms with E-state index in [9.17, 15) is 141 Å². The summed E-state index contributed by atoms with van der Waals surface area (Å²) >= 11 is 4.22. The molecule has 5 unspecified atom stereocenters. The largest absolute Gasteiger partial charge is 0.481 e. The number of rotatable bonds is 71. The molecule has 0 aliphatic carbocycles. The highest BCUT2D eigenvalue weighted by molar-refractivity contribution is 8.00. The molecule has 2 heterocycles. The fourth-order valence-corrected chi connectivity index (χ4v) is 14.3. The number of hydroxylamine groups is 4. The predicted octanol–water partition coefficient (Wildman–Crippen LogP) is -7.24. The number of imide groups is 2. The summed E-state index contributed by atoms with van der Waals surface area (Å²) in [6.45, 7) is 3.31. The van der Waals surface area contributed by atoms with Crippen LogP contribution in [0.15, 0.2) is 0 Å². The maximum absolute atomic E-state index is 12.3. The Morgan fingerprint density at radius 2 is 0.790 bits per heavy atom. The van der Waals surface area contributed by atoms with Gasteiger partial charge in [0.2, 0.25) is 11.8 Å². The van der Waals surface area contributed by atoms with E-state index in [0.29, 0.717) is 49.2 Å². The third kappa shape index (κ3) is 54.3. The Balaban J connectivity index is 0.00000192. The van der Waals surface area contributed by atoms with E-state index in [1.165, 1.54) is 14.0 Å². The van der Waals surface area contributed by atoms with E-state index in [-0.39, 0.29) is 230 Å². The van der Waals surface area contributed by atoms with Gasteiger partial charge in [0.15, 0.2) is 23.4 Å². The van der Waals surface area contributed by atoms with E-state index in [0.717, 1.165) is 47.0 Å². The van der Waals surface area contributed by atoms with Crippen LogP contribution in [0.3, 0.4) is 0 Å². The summed E-state index contributed by atoms with van der Waals surface area (Å²) in [6.07, 6.45) is -14.0. The van der Waals surface area contributed by atoms with Gasteiger partial charge < -0.3 is 128 Å². The Morgan fingerprint density at radius 3 is 1.20 bits per heavy atom. The second-order valence-corrected chi connectivity index (χ2v) is 32.9. The molecule has 2 fully saturated rings. The molecule has 21 N–H and O–H groups in total. The summed E-state index contributed by atoms with van der Waals surface area (Å²) in [5.41, 5.74) is 8.64. The fourth-order valence-electron chi connectivity index (χ4n) is 9.47. The standard InChI is InChI=1S/C34H57N3O16S2.C21H38N4O12S3.C17H22N2O10/c1-21(38)8-14-52-12-5-13-53-15-9-23(39)16-22(33(48)49)17-54-18-24(40)6-3-11-37-32(47)31(46)30(45)29(44)28(43)26(41)7-4-10-36-27(42)20-55-19-25(35-2)34(50)51;22-12(19(32)33)8-38-7-11(26)3-1-4-25-18(31)16(29)15(28)17(30)21(36)40(37)6-2-5-24-14(27)10-39-9-13(23)20(34)35;20-12-2-3-13(21)18(12)28-16(24)6-10-26-8-1-9-27-11-7-17(25)29-19-14(22)4-5-15(19)23/h22,25,28-31,35,43-46H,3-20H2,1-2H3,(H,36,42)(H,37,47)(H,48,49)(H,50,51);12-13,15-17,21,28-30,36H,1-10,22-23H2,(H,24,27)(H,25,31)(H,32,33)(H,34,35);1-11H2/t22?,25?,28-,29+,30+,31-;12?,13?,15-,16-,17-,21-,40?;/m00./s1. The van der Waals surface area contributed by atoms with Crippen molar-refractivity contribution in [3.63, 3.8) is 0 Å². The van der Waals surface area contributed by atoms with E-state index in [2.05, 4.69) is 36.3 Å². The third-order valence-electron chi connectivity index (χ3n) is 16.6. The number of amides is 8. The van der Waals surface area contributed by atoms with Gasteiger partial charge in [0.05, 0.1) is 79.0 Å². The lowest BCUT2D eigenvalue weighted by Gasteiger charge is -2.25. The summed E-state index contributed by atoms with van der Waals surface area (Å²) in [6, 6.07) is -3.00. The van der Waals surface area contributed by atoms with Gasteiger partial charge >= 0.3 is 35.8 Å². The molecule has 52 heteroatoms. The number of nitrogens with two attached hydrogens (primary N) is 2. The number of thioether (sulfide) groups is 4. The number of nitrogens with one attached hydrogen (secondary N) is 5. The number of hydrogen-bond donors (Lipinski definition) is 19. The minimum atomic E-state index is -2.24. The summed E-state index contributed by atoms with van der Waals surface area (Å²) in [4.78, 5) is 229. The number of aliphatic carboxylic acids is 4. The molecule has 0 bridgehead atoms. The number of ketones is 5. The number of ether oxygens (including phenoxy) is 4. The average molecular weight is 1880 g/mol. The highest BCUT2D eigenvalue weighted by atomic mass is 32.2. The number of carbonyl (C=O) groups is 19. The normalized spacial score (nSPS) is 15.7. The third-order valence-corrected chi connectivity index (χ3v) is 22.5. The van der Waals surface area contributed by atoms with Crippen LogP contribution in [0, 0.1) is 5.92 Å². The van der Waals surface area contributed by atoms with E-state index < -0.39 is 172 Å². The summed E-state index contributed by atoms with van der Waals surface area (Å²) < 4.78 is 33.3. The number of carbonyl (C=O) groups excluding carboxylic acids is 15. The summed E-state index contributed by atoms with van der Waals surface area (Å²) in [5.74, 6) is -13.9. The molecule has 0 aromatic rings. The van der Waals surface area contributed by atoms with Crippen LogP contribution in [0.25, 0.3) is 0 Å². The molecule has 0 aromatic carbocycles. The number of aliphatic hydroxyl groups is 8. The van der Waals surface area contributed by atoms with Gasteiger partial charge in [-0.25, -0.2) is 9.59 Å². The smallest absolute Gasteiger partial charge is 0.335 e. The molecule has 0 spiro atoms. The first-order valence-electron chi connectivity index (χ1n) is 38.9. The molecule has 2 saturated heterocycles. The van der Waals surface area contributed by atoms with E-state index in [1.54, 1.807) is 0 Å². The molecule has 0 radical (unpaired) electrons. The van der Waals surface area contributed by atoms with E-state index in [4.69, 9.17) is 45.7 Å². The van der Waals surface area contributed by atoms with Gasteiger partial charge in [0.25, 0.3) is 35.4 Å². The highest BCUT2D eigenvalue weighted by Crippen LogP contribution is 2.19. The quantitative estimate of drug-likeness (QED) is 0.0199. The van der Waals surface area contributed by atoms with Gasteiger partial charge in [-0.15, -0.1) is 33.7 Å². The molecule has 47 nitrogen and oxygen atoms in total. The van der Waals surface area contributed by atoms with Gasteiger partial charge in [-0.2, -0.15) is 23.5 Å². The van der Waals surface area contributed by atoms with Crippen LogP contribution in [-0.4, -0.2) is 392 Å². The van der Waals surface area contributed by atoms with Crippen molar-refractivity contribution < 1.29 is 185 Å². The van der Waals surface area contributed by atoms with Crippen molar-refractivity contribution >= 4 is 170 Å². The SMILES string of the molecule is CNC(CSCC(=O)NCCCC(=O)[C@H](O)[C@@H](O)[C@@H](O)[C@H](O)C(=O)NCCCC(=O)CSCC(CC(=O)CCOCCCOCCC(C)=O)C(=O)O)C(=O)O.NC(CSCC(=O)CCCNC(=O)[C@@H](O)[C@H](O)[C@H](O)[C@@H](O)S(=O)CCCNC(=O)CSCC(N)C(=O)O)C(=O)O.O=C(CCOCCCOCCC(=O)ON1C(=O)CCC1=O)ON1C(=O)CCC1=O. The molecule has 0 saturated carbocycles. The zero-order chi connectivity index (χ0) is 93.8. The summed E-state index contributed by atoms with van der Waals surface area (Å²) in [7, 11) is -0.633. The number of hydrogen-bond acceptors (Lipinski definition) is 41. The van der Waals surface area contributed by atoms with Crippen LogP contribution in [0.2, 0.25) is 0 Å². The van der Waals surface area contributed by atoms with Crippen molar-refractivity contribution in [2.75, 3.05) is 138 Å². The van der Waals surface area contributed by atoms with Crippen molar-refractivity contribution in [3.05, 3.63) is 0 Å². The van der Waals surface area contributed by atoms with Crippen molar-refractivity contribution in [3.8, 4) is 0 Å². The van der Waals surface area contributed by atoms with Crippen molar-refractivity contribution in [1.82, 2.24) is 36.7 Å². The van der Waals surface area contributed by atoms with Crippen molar-refractivity contribution in [1.29, 1.82) is 0 Å². The fraction of sp³-hybridized carbons (Fsp3) is 0.736. The molecule has 708 valence electrons. The minimum Gasteiger partial charge on any atom is -0.481 e. The van der Waals surface area contributed by atoms with E-state index in [1.807, 2.05) is 0 Å². The topological polar surface area (TPSA) is 758 Å². The molecular formula is C72H117N9O38S5. The van der Waals surface area contributed by atoms with Gasteiger partial charge in [-0.3, -0.25) is 85.7 Å². The van der Waals surface area contributed by atoms with Crippen LogP contribution < -0.4 is 38.1 Å². The number of nitrogens with zero attached hydrogens (tertiary/aromatic N) is 2. The molecule has 0 aromatic heterocycles. The monoisotopic (exact) mass is 1880 g/mol. The Kier molecular flexibility index (Phi) is 64.2. The molecule has 2 rings (SSSR count). The predicted molar refractivity (Wildman–Crippen MR) is 438 cm³/mol. The maximum Gasteiger partial charge on any atom is 0.335 e. The first-order valence-corrected chi connectivity index (χ1v) is 44.9. The van der Waals surface area contributed by atoms with Gasteiger partial charge in [0, 0.05) is 146 Å². The summed E-state index contributed by atoms with van der Waals surface area (Å²) in [5, 5.41) is 130. The lowest BCUT2D eigenvalue weighted by molar-refractivity contribution is -0.198. The van der Waals surface area contributed by atoms with Crippen molar-refractivity contribution in [2.24, 2.45) is 17.4 Å². The Morgan fingerprint density at radius 1 is 0.419 bits per heavy atom. The highest BCUT2D eigenvalue weighted by Gasteiger charge is 2.40. The first-order chi connectivity index (χ1) is 58.6. The number of likely N-dealkylation sites (N-methyl/N-ethyl adjacent to an activating group) is 1. The first kappa shape index (κ1) is 116. The van der Waals surface area contributed by atoms with E-state index >= 15 is 0 Å². The van der Waals surface area contributed by atoms with Gasteiger partial charge in [0.1, 0.15) is 71.8 Å². The second-order valence-electron chi connectivity index (χ2n) is 27.1. The van der Waals surface area contributed by atoms with Crippen LogP contribution >= 0.6 is 47.0 Å².